The van der Waals surface area contributed by atoms with Crippen LogP contribution in [0.15, 0.2) is 30.3 Å². The van der Waals surface area contributed by atoms with Crippen molar-refractivity contribution in [3.05, 3.63) is 47.0 Å². The Morgan fingerprint density at radius 2 is 1.87 bits per heavy atom. The molecule has 0 spiro atoms. The molecule has 0 amide bonds. The Morgan fingerprint density at radius 3 is 2.47 bits per heavy atom. The van der Waals surface area contributed by atoms with E-state index in [1.54, 1.807) is 0 Å². The quantitative estimate of drug-likeness (QED) is 0.675. The smallest absolute Gasteiger partial charge is 0.150 e. The lowest BCUT2D eigenvalue weighted by atomic mass is 9.95. The van der Waals surface area contributed by atoms with E-state index >= 15 is 0 Å². The van der Waals surface area contributed by atoms with Crippen LogP contribution in [0.5, 0.6) is 0 Å². The molecule has 0 saturated carbocycles. The number of carbonyl (C=O) groups is 1. The molecular formula is C14H14O. The van der Waals surface area contributed by atoms with Crippen LogP contribution in [0.4, 0.5) is 0 Å². The normalized spacial score (nSPS) is 10.5. The third-order valence-electron chi connectivity index (χ3n) is 2.88. The molecule has 0 aliphatic rings. The molecule has 0 radical (unpaired) electrons. The molecule has 0 aliphatic carbocycles. The number of aryl methyl sites for hydroxylation is 2. The summed E-state index contributed by atoms with van der Waals surface area (Å²) in [6.45, 7) is 4.14. The minimum atomic E-state index is 0.822. The highest BCUT2D eigenvalue weighted by Gasteiger charge is 2.06. The summed E-state index contributed by atoms with van der Waals surface area (Å²) in [5.74, 6) is 0. The lowest BCUT2D eigenvalue weighted by Crippen LogP contribution is -1.93. The lowest BCUT2D eigenvalue weighted by molar-refractivity contribution is 0.112. The molecule has 0 atom stereocenters. The monoisotopic (exact) mass is 198 g/mol. The highest BCUT2D eigenvalue weighted by molar-refractivity contribution is 6.01. The van der Waals surface area contributed by atoms with E-state index < -0.39 is 0 Å². The molecule has 1 heteroatoms. The van der Waals surface area contributed by atoms with Crippen molar-refractivity contribution in [2.24, 2.45) is 0 Å². The number of aldehydes is 1. The van der Waals surface area contributed by atoms with Gasteiger partial charge in [0.25, 0.3) is 0 Å². The molecule has 0 aliphatic heterocycles. The number of rotatable bonds is 2. The molecule has 0 bridgehead atoms. The Morgan fingerprint density at radius 1 is 1.20 bits per heavy atom. The van der Waals surface area contributed by atoms with Crippen molar-refractivity contribution < 1.29 is 4.79 Å². The maximum atomic E-state index is 11.0. The third kappa shape index (κ3) is 1.54. The summed E-state index contributed by atoms with van der Waals surface area (Å²) in [4.78, 5) is 11.0. The fraction of sp³-hybridized carbons (Fsp3) is 0.214. The first kappa shape index (κ1) is 9.91. The number of fused-ring (bicyclic) bond motifs is 1. The van der Waals surface area contributed by atoms with Gasteiger partial charge >= 0.3 is 0 Å². The van der Waals surface area contributed by atoms with Crippen molar-refractivity contribution in [3.63, 3.8) is 0 Å². The van der Waals surface area contributed by atoms with Gasteiger partial charge in [-0.2, -0.15) is 0 Å². The second-order valence-electron chi connectivity index (χ2n) is 3.78. The molecule has 2 aromatic carbocycles. The third-order valence-corrected chi connectivity index (χ3v) is 2.88. The van der Waals surface area contributed by atoms with Crippen LogP contribution in [0, 0.1) is 6.92 Å². The summed E-state index contributed by atoms with van der Waals surface area (Å²) in [6.07, 6.45) is 1.96. The van der Waals surface area contributed by atoms with Crippen LogP contribution >= 0.6 is 0 Å². The molecule has 0 heterocycles. The van der Waals surface area contributed by atoms with Crippen molar-refractivity contribution >= 4 is 17.1 Å². The van der Waals surface area contributed by atoms with Gasteiger partial charge in [0.15, 0.2) is 6.29 Å². The van der Waals surface area contributed by atoms with Gasteiger partial charge in [-0.15, -0.1) is 0 Å². The van der Waals surface area contributed by atoms with Crippen LogP contribution in [-0.2, 0) is 6.42 Å². The van der Waals surface area contributed by atoms with E-state index in [-0.39, 0.29) is 0 Å². The fourth-order valence-corrected chi connectivity index (χ4v) is 2.08. The average molecular weight is 198 g/mol. The molecule has 2 rings (SSSR count). The van der Waals surface area contributed by atoms with E-state index in [0.29, 0.717) is 0 Å². The van der Waals surface area contributed by atoms with Crippen LogP contribution < -0.4 is 0 Å². The van der Waals surface area contributed by atoms with Gasteiger partial charge in [-0.05, 0) is 35.2 Å². The topological polar surface area (TPSA) is 17.1 Å². The first-order chi connectivity index (χ1) is 7.27. The van der Waals surface area contributed by atoms with Gasteiger partial charge in [0.05, 0.1) is 0 Å². The number of benzene rings is 2. The molecule has 0 fully saturated rings. The second-order valence-corrected chi connectivity index (χ2v) is 3.78. The van der Waals surface area contributed by atoms with E-state index in [4.69, 9.17) is 0 Å². The van der Waals surface area contributed by atoms with Crippen molar-refractivity contribution in [2.45, 2.75) is 20.3 Å². The van der Waals surface area contributed by atoms with Crippen molar-refractivity contribution in [1.82, 2.24) is 0 Å². The Hall–Kier alpha value is -1.63. The van der Waals surface area contributed by atoms with Crippen molar-refractivity contribution in [2.75, 3.05) is 0 Å². The molecule has 2 aromatic rings. The summed E-state index contributed by atoms with van der Waals surface area (Å²) >= 11 is 0. The number of carbonyl (C=O) groups excluding carboxylic acids is 1. The minimum Gasteiger partial charge on any atom is -0.298 e. The van der Waals surface area contributed by atoms with E-state index in [9.17, 15) is 4.79 Å². The van der Waals surface area contributed by atoms with E-state index in [1.807, 2.05) is 25.1 Å². The SMILES string of the molecule is CCc1cc(C)c(C=O)c2ccccc12. The van der Waals surface area contributed by atoms with Crippen LogP contribution in [0.3, 0.4) is 0 Å². The zero-order valence-corrected chi connectivity index (χ0v) is 9.08. The Bertz CT molecular complexity index is 512. The van der Waals surface area contributed by atoms with Gasteiger partial charge < -0.3 is 0 Å². The van der Waals surface area contributed by atoms with Crippen LogP contribution in [0.2, 0.25) is 0 Å². The van der Waals surface area contributed by atoms with Gasteiger partial charge in [-0.25, -0.2) is 0 Å². The molecule has 0 unspecified atom stereocenters. The first-order valence-corrected chi connectivity index (χ1v) is 5.24. The Labute approximate surface area is 89.7 Å². The van der Waals surface area contributed by atoms with E-state index in [2.05, 4.69) is 19.1 Å². The number of hydrogen-bond donors (Lipinski definition) is 0. The van der Waals surface area contributed by atoms with Crippen LogP contribution in [0.1, 0.15) is 28.4 Å². The standard InChI is InChI=1S/C14H14O/c1-3-11-8-10(2)14(9-15)13-7-5-4-6-12(11)13/h4-9H,3H2,1-2H3. The van der Waals surface area contributed by atoms with Crippen molar-refractivity contribution in [1.29, 1.82) is 0 Å². The second kappa shape index (κ2) is 3.85. The predicted octanol–water partition coefficient (Wildman–Crippen LogP) is 3.52. The first-order valence-electron chi connectivity index (χ1n) is 5.24. The van der Waals surface area contributed by atoms with Gasteiger partial charge in [0, 0.05) is 5.56 Å². The van der Waals surface area contributed by atoms with Gasteiger partial charge in [0.1, 0.15) is 0 Å². The lowest BCUT2D eigenvalue weighted by Gasteiger charge is -2.09. The van der Waals surface area contributed by atoms with Crippen LogP contribution in [-0.4, -0.2) is 6.29 Å². The van der Waals surface area contributed by atoms with Gasteiger partial charge in [0.2, 0.25) is 0 Å². The summed E-state index contributed by atoms with van der Waals surface area (Å²) in [5.41, 5.74) is 3.21. The van der Waals surface area contributed by atoms with Crippen LogP contribution in [0.25, 0.3) is 10.8 Å². The van der Waals surface area contributed by atoms with Gasteiger partial charge in [-0.3, -0.25) is 4.79 Å². The summed E-state index contributed by atoms with van der Waals surface area (Å²) < 4.78 is 0. The summed E-state index contributed by atoms with van der Waals surface area (Å²) in [7, 11) is 0. The van der Waals surface area contributed by atoms with Crippen molar-refractivity contribution in [3.8, 4) is 0 Å². The molecule has 1 nitrogen and oxygen atoms in total. The molecular weight excluding hydrogens is 184 g/mol. The molecule has 0 N–H and O–H groups in total. The summed E-state index contributed by atoms with van der Waals surface area (Å²) in [5, 5.41) is 2.28. The Balaban J connectivity index is 2.92. The fourth-order valence-electron chi connectivity index (χ4n) is 2.08. The maximum Gasteiger partial charge on any atom is 0.150 e. The minimum absolute atomic E-state index is 0.822. The molecule has 15 heavy (non-hydrogen) atoms. The predicted molar refractivity (Wildman–Crippen MR) is 63.5 cm³/mol. The van der Waals surface area contributed by atoms with Gasteiger partial charge in [-0.1, -0.05) is 37.3 Å². The summed E-state index contributed by atoms with van der Waals surface area (Å²) in [6, 6.07) is 10.2. The number of hydrogen-bond acceptors (Lipinski definition) is 1. The van der Waals surface area contributed by atoms with E-state index in [1.165, 1.54) is 10.9 Å². The zero-order valence-electron chi connectivity index (χ0n) is 9.08. The maximum absolute atomic E-state index is 11.0. The highest BCUT2D eigenvalue weighted by Crippen LogP contribution is 2.25. The van der Waals surface area contributed by atoms with E-state index in [0.717, 1.165) is 29.2 Å². The average Bonchev–Trinajstić information content (AvgIpc) is 2.28. The Kier molecular flexibility index (Phi) is 2.55. The zero-order chi connectivity index (χ0) is 10.8. The highest BCUT2D eigenvalue weighted by atomic mass is 16.1. The molecule has 0 saturated heterocycles. The molecule has 0 aromatic heterocycles. The molecule has 76 valence electrons. The largest absolute Gasteiger partial charge is 0.298 e.